The number of Topliss-reactive ketones (excluding diaryl/α,β-unsaturated/α-hetero) is 1. The van der Waals surface area contributed by atoms with Gasteiger partial charge in [-0.05, 0) is 75.5 Å². The Morgan fingerprint density at radius 1 is 1.04 bits per heavy atom. The van der Waals surface area contributed by atoms with Crippen LogP contribution in [0.1, 0.15) is 71.1 Å². The Labute approximate surface area is 146 Å². The molecular formula is C19H31NO3S. The van der Waals surface area contributed by atoms with Crippen molar-refractivity contribution in [3.05, 3.63) is 0 Å². The van der Waals surface area contributed by atoms with Gasteiger partial charge in [0, 0.05) is 11.5 Å². The van der Waals surface area contributed by atoms with Crippen LogP contribution in [0.25, 0.3) is 0 Å². The van der Waals surface area contributed by atoms with Crippen LogP contribution in [0.5, 0.6) is 0 Å². The summed E-state index contributed by atoms with van der Waals surface area (Å²) in [6, 6.07) is 0. The predicted molar refractivity (Wildman–Crippen MR) is 94.0 cm³/mol. The molecule has 24 heavy (non-hydrogen) atoms. The highest BCUT2D eigenvalue weighted by atomic mass is 32.2. The van der Waals surface area contributed by atoms with Gasteiger partial charge in [0.05, 0.1) is 5.75 Å². The van der Waals surface area contributed by atoms with Crippen molar-refractivity contribution < 1.29 is 13.2 Å². The molecule has 5 rings (SSSR count). The highest BCUT2D eigenvalue weighted by Gasteiger charge is 2.57. The standard InChI is InChI=1S/C19H31NO3S/c1-13(21)18-16-7-15-8-17(18)11-19(9-15,10-16)20-24(22,23)12-14-5-3-2-4-6-14/h14-18,20H,2-12H2,1H3. The van der Waals surface area contributed by atoms with Crippen molar-refractivity contribution in [1.29, 1.82) is 0 Å². The molecule has 4 bridgehead atoms. The Morgan fingerprint density at radius 2 is 1.67 bits per heavy atom. The van der Waals surface area contributed by atoms with Gasteiger partial charge in [-0.3, -0.25) is 4.79 Å². The van der Waals surface area contributed by atoms with E-state index in [1.807, 2.05) is 0 Å². The summed E-state index contributed by atoms with van der Waals surface area (Å²) < 4.78 is 28.8. The van der Waals surface area contributed by atoms with E-state index in [0.29, 0.717) is 35.2 Å². The Kier molecular flexibility index (Phi) is 4.31. The van der Waals surface area contributed by atoms with Crippen LogP contribution in [0, 0.1) is 29.6 Å². The van der Waals surface area contributed by atoms with E-state index in [9.17, 15) is 13.2 Å². The number of ketones is 1. The van der Waals surface area contributed by atoms with Crippen LogP contribution >= 0.6 is 0 Å². The highest BCUT2D eigenvalue weighted by Crippen LogP contribution is 2.58. The van der Waals surface area contributed by atoms with Crippen molar-refractivity contribution in [3.8, 4) is 0 Å². The van der Waals surface area contributed by atoms with Gasteiger partial charge in [0.1, 0.15) is 5.78 Å². The molecule has 5 aliphatic carbocycles. The monoisotopic (exact) mass is 353 g/mol. The van der Waals surface area contributed by atoms with E-state index in [-0.39, 0.29) is 11.5 Å². The fourth-order valence-electron chi connectivity index (χ4n) is 6.85. The van der Waals surface area contributed by atoms with Crippen LogP contribution in [-0.4, -0.2) is 25.5 Å². The number of sulfonamides is 1. The van der Waals surface area contributed by atoms with Gasteiger partial charge in [-0.15, -0.1) is 0 Å². The van der Waals surface area contributed by atoms with E-state index in [4.69, 9.17) is 0 Å². The lowest BCUT2D eigenvalue weighted by Gasteiger charge is -2.59. The van der Waals surface area contributed by atoms with Crippen LogP contribution in [-0.2, 0) is 14.8 Å². The molecule has 0 aromatic heterocycles. The molecule has 0 aromatic carbocycles. The number of carbonyl (C=O) groups excluding carboxylic acids is 1. The first-order valence-corrected chi connectivity index (χ1v) is 11.5. The third kappa shape index (κ3) is 3.18. The van der Waals surface area contributed by atoms with Gasteiger partial charge in [0.25, 0.3) is 0 Å². The van der Waals surface area contributed by atoms with Crippen molar-refractivity contribution in [2.24, 2.45) is 29.6 Å². The SMILES string of the molecule is CC(=O)C1C2CC3CC1CC(NS(=O)(=O)CC1CCCCC1)(C3)C2. The van der Waals surface area contributed by atoms with Gasteiger partial charge in [-0.2, -0.15) is 0 Å². The van der Waals surface area contributed by atoms with Crippen molar-refractivity contribution >= 4 is 15.8 Å². The molecule has 0 spiro atoms. The van der Waals surface area contributed by atoms with Gasteiger partial charge in [-0.25, -0.2) is 13.1 Å². The second-order valence-electron chi connectivity index (χ2n) is 9.27. The molecule has 136 valence electrons. The molecule has 2 unspecified atom stereocenters. The Hall–Kier alpha value is -0.420. The first kappa shape index (κ1) is 17.0. The Bertz CT molecular complexity index is 592. The van der Waals surface area contributed by atoms with Gasteiger partial charge >= 0.3 is 0 Å². The lowest BCUT2D eigenvalue weighted by Crippen LogP contribution is -2.63. The molecule has 0 aromatic rings. The highest BCUT2D eigenvalue weighted by molar-refractivity contribution is 7.89. The van der Waals surface area contributed by atoms with E-state index >= 15 is 0 Å². The molecule has 5 saturated carbocycles. The van der Waals surface area contributed by atoms with Gasteiger partial charge < -0.3 is 0 Å². The molecule has 0 aliphatic heterocycles. The zero-order valence-electron chi connectivity index (χ0n) is 14.8. The molecule has 0 amide bonds. The van der Waals surface area contributed by atoms with Crippen molar-refractivity contribution in [2.45, 2.75) is 76.7 Å². The fraction of sp³-hybridized carbons (Fsp3) is 0.947. The van der Waals surface area contributed by atoms with Gasteiger partial charge in [-0.1, -0.05) is 19.3 Å². The molecule has 2 atom stereocenters. The van der Waals surface area contributed by atoms with E-state index in [1.54, 1.807) is 6.92 Å². The van der Waals surface area contributed by atoms with E-state index in [2.05, 4.69) is 4.72 Å². The van der Waals surface area contributed by atoms with Crippen molar-refractivity contribution in [2.75, 3.05) is 5.75 Å². The quantitative estimate of drug-likeness (QED) is 0.825. The maximum absolute atomic E-state index is 12.8. The summed E-state index contributed by atoms with van der Waals surface area (Å²) in [5.41, 5.74) is -0.240. The number of nitrogens with one attached hydrogen (secondary N) is 1. The average Bonchev–Trinajstić information content (AvgIpc) is 2.44. The number of hydrogen-bond donors (Lipinski definition) is 1. The zero-order chi connectivity index (χ0) is 16.9. The van der Waals surface area contributed by atoms with Crippen LogP contribution in [0.3, 0.4) is 0 Å². The summed E-state index contributed by atoms with van der Waals surface area (Å²) in [6.07, 6.45) is 10.8. The number of carbonyl (C=O) groups is 1. The summed E-state index contributed by atoms with van der Waals surface area (Å²) in [4.78, 5) is 12.0. The molecule has 5 fully saturated rings. The fourth-order valence-corrected chi connectivity index (χ4v) is 8.80. The number of rotatable bonds is 5. The minimum absolute atomic E-state index is 0.192. The molecule has 5 aliphatic rings. The second kappa shape index (κ2) is 6.08. The molecule has 0 heterocycles. The van der Waals surface area contributed by atoms with Crippen LogP contribution in [0.2, 0.25) is 0 Å². The third-order valence-electron chi connectivity index (χ3n) is 7.29. The summed E-state index contributed by atoms with van der Waals surface area (Å²) in [7, 11) is -3.22. The third-order valence-corrected chi connectivity index (χ3v) is 8.95. The van der Waals surface area contributed by atoms with Gasteiger partial charge in [0.2, 0.25) is 10.0 Å². The first-order chi connectivity index (χ1) is 11.4. The largest absolute Gasteiger partial charge is 0.300 e. The molecule has 1 N–H and O–H groups in total. The zero-order valence-corrected chi connectivity index (χ0v) is 15.6. The summed E-state index contributed by atoms with van der Waals surface area (Å²) in [5, 5.41) is 0. The summed E-state index contributed by atoms with van der Waals surface area (Å²) in [5.74, 6) is 2.61. The van der Waals surface area contributed by atoms with Gasteiger partial charge in [0.15, 0.2) is 0 Å². The van der Waals surface area contributed by atoms with Crippen LogP contribution in [0.4, 0.5) is 0 Å². The molecule has 4 nitrogen and oxygen atoms in total. The molecular weight excluding hydrogens is 322 g/mol. The van der Waals surface area contributed by atoms with Crippen LogP contribution in [0.15, 0.2) is 0 Å². The maximum atomic E-state index is 12.8. The van der Waals surface area contributed by atoms with Crippen LogP contribution < -0.4 is 4.72 Å². The number of hydrogen-bond acceptors (Lipinski definition) is 3. The molecule has 0 saturated heterocycles. The van der Waals surface area contributed by atoms with E-state index in [0.717, 1.165) is 44.9 Å². The second-order valence-corrected chi connectivity index (χ2v) is 11.0. The smallest absolute Gasteiger partial charge is 0.212 e. The minimum Gasteiger partial charge on any atom is -0.300 e. The predicted octanol–water partition coefficient (Wildman–Crippen LogP) is 3.27. The molecule has 0 radical (unpaired) electrons. The van der Waals surface area contributed by atoms with E-state index in [1.165, 1.54) is 19.3 Å². The normalized spacial score (nSPS) is 42.4. The Balaban J connectivity index is 1.47. The maximum Gasteiger partial charge on any atom is 0.212 e. The van der Waals surface area contributed by atoms with Crippen molar-refractivity contribution in [1.82, 2.24) is 4.72 Å². The minimum atomic E-state index is -3.22. The average molecular weight is 354 g/mol. The first-order valence-electron chi connectivity index (χ1n) is 9.88. The molecule has 5 heteroatoms. The van der Waals surface area contributed by atoms with Crippen molar-refractivity contribution in [3.63, 3.8) is 0 Å². The van der Waals surface area contributed by atoms with E-state index < -0.39 is 10.0 Å². The lowest BCUT2D eigenvalue weighted by molar-refractivity contribution is -0.135. The Morgan fingerprint density at radius 3 is 2.25 bits per heavy atom. The summed E-state index contributed by atoms with van der Waals surface area (Å²) >= 11 is 0. The lowest BCUT2D eigenvalue weighted by atomic mass is 9.48. The topological polar surface area (TPSA) is 63.2 Å². The summed E-state index contributed by atoms with van der Waals surface area (Å²) in [6.45, 7) is 1.73.